The maximum absolute atomic E-state index is 12.7. The van der Waals surface area contributed by atoms with Crippen molar-refractivity contribution in [2.75, 3.05) is 4.90 Å². The average molecular weight is 460 g/mol. The molecule has 0 N–H and O–H groups in total. The fourth-order valence-corrected chi connectivity index (χ4v) is 4.53. The van der Waals surface area contributed by atoms with Gasteiger partial charge < -0.3 is 9.30 Å². The lowest BCUT2D eigenvalue weighted by Gasteiger charge is -2.20. The van der Waals surface area contributed by atoms with E-state index < -0.39 is 5.97 Å². The van der Waals surface area contributed by atoms with Crippen LogP contribution in [-0.2, 0) is 16.1 Å². The minimum Gasteiger partial charge on any atom is -0.456 e. The quantitative estimate of drug-likeness (QED) is 0.337. The van der Waals surface area contributed by atoms with E-state index in [1.165, 1.54) is 18.3 Å². The molecule has 0 aliphatic carbocycles. The number of carbonyl (C=O) groups excluding carboxylic acids is 2. The maximum Gasteiger partial charge on any atom is 0.338 e. The van der Waals surface area contributed by atoms with Crippen LogP contribution in [-0.4, -0.2) is 21.4 Å². The second-order valence-corrected chi connectivity index (χ2v) is 8.77. The van der Waals surface area contributed by atoms with Gasteiger partial charge in [-0.25, -0.2) is 9.78 Å². The highest BCUT2D eigenvalue weighted by atomic mass is 32.1. The molecular weight excluding hydrogens is 434 g/mol. The minimum absolute atomic E-state index is 0.0285. The lowest BCUT2D eigenvalue weighted by atomic mass is 10.1. The first-order valence-corrected chi connectivity index (χ1v) is 11.4. The lowest BCUT2D eigenvalue weighted by Crippen LogP contribution is -2.23. The Morgan fingerprint density at radius 3 is 2.48 bits per heavy atom. The monoisotopic (exact) mass is 459 g/mol. The standard InChI is InChI=1S/C26H25N3O3S/c1-17-7-10-23(19(3)13-17)29(20(4)30)26-27-22(16-33-26)15-32-25(31)21-9-8-18(2)24(14-21)28-11-5-6-12-28/h5-14,16H,15H2,1-4H3. The molecule has 7 heteroatoms. The van der Waals surface area contributed by atoms with Crippen LogP contribution in [0.4, 0.5) is 10.8 Å². The van der Waals surface area contributed by atoms with Gasteiger partial charge in [0.2, 0.25) is 5.91 Å². The van der Waals surface area contributed by atoms with Crippen LogP contribution in [0.15, 0.2) is 66.3 Å². The van der Waals surface area contributed by atoms with E-state index in [9.17, 15) is 9.59 Å². The zero-order valence-corrected chi connectivity index (χ0v) is 19.8. The van der Waals surface area contributed by atoms with Gasteiger partial charge in [-0.15, -0.1) is 11.3 Å². The first-order chi connectivity index (χ1) is 15.8. The Bertz CT molecular complexity index is 1310. The van der Waals surface area contributed by atoms with Gasteiger partial charge >= 0.3 is 5.97 Å². The van der Waals surface area contributed by atoms with Crippen molar-refractivity contribution in [1.29, 1.82) is 0 Å². The summed E-state index contributed by atoms with van der Waals surface area (Å²) in [6.45, 7) is 7.52. The molecule has 168 valence electrons. The molecule has 6 nitrogen and oxygen atoms in total. The maximum atomic E-state index is 12.7. The van der Waals surface area contributed by atoms with Gasteiger partial charge in [-0.1, -0.05) is 23.8 Å². The Labute approximate surface area is 197 Å². The second kappa shape index (κ2) is 9.42. The molecule has 2 aromatic carbocycles. The van der Waals surface area contributed by atoms with E-state index in [1.54, 1.807) is 11.0 Å². The first kappa shape index (κ1) is 22.5. The van der Waals surface area contributed by atoms with Crippen LogP contribution in [0.25, 0.3) is 5.69 Å². The number of ether oxygens (including phenoxy) is 1. The van der Waals surface area contributed by atoms with Gasteiger partial charge in [-0.3, -0.25) is 9.69 Å². The number of amides is 1. The van der Waals surface area contributed by atoms with Crippen molar-refractivity contribution in [3.63, 3.8) is 0 Å². The summed E-state index contributed by atoms with van der Waals surface area (Å²) in [6.07, 6.45) is 3.87. The predicted octanol–water partition coefficient (Wildman–Crippen LogP) is 5.90. The Morgan fingerprint density at radius 1 is 1.03 bits per heavy atom. The van der Waals surface area contributed by atoms with Crippen LogP contribution in [0.3, 0.4) is 0 Å². The molecule has 0 atom stereocenters. The summed E-state index contributed by atoms with van der Waals surface area (Å²) in [6, 6.07) is 15.3. The van der Waals surface area contributed by atoms with Crippen molar-refractivity contribution < 1.29 is 14.3 Å². The predicted molar refractivity (Wildman–Crippen MR) is 130 cm³/mol. The normalized spacial score (nSPS) is 10.8. The molecule has 4 rings (SSSR count). The number of benzene rings is 2. The molecule has 0 aliphatic rings. The fraction of sp³-hybridized carbons (Fsp3) is 0.192. The molecule has 0 radical (unpaired) electrons. The highest BCUT2D eigenvalue weighted by Gasteiger charge is 2.20. The van der Waals surface area contributed by atoms with E-state index in [1.807, 2.05) is 85.6 Å². The van der Waals surface area contributed by atoms with Gasteiger partial charge in [0.1, 0.15) is 6.61 Å². The third-order valence-electron chi connectivity index (χ3n) is 5.32. The summed E-state index contributed by atoms with van der Waals surface area (Å²) in [5.41, 5.74) is 5.97. The van der Waals surface area contributed by atoms with E-state index >= 15 is 0 Å². The molecule has 0 unspecified atom stereocenters. The van der Waals surface area contributed by atoms with Crippen molar-refractivity contribution >= 4 is 34.0 Å². The highest BCUT2D eigenvalue weighted by Crippen LogP contribution is 2.32. The van der Waals surface area contributed by atoms with Gasteiger partial charge in [0.05, 0.1) is 16.9 Å². The Kier molecular flexibility index (Phi) is 6.42. The van der Waals surface area contributed by atoms with E-state index in [2.05, 4.69) is 4.98 Å². The minimum atomic E-state index is -0.421. The summed E-state index contributed by atoms with van der Waals surface area (Å²) in [5.74, 6) is -0.548. The number of aromatic nitrogens is 2. The molecule has 0 spiro atoms. The van der Waals surface area contributed by atoms with Crippen LogP contribution in [0.5, 0.6) is 0 Å². The summed E-state index contributed by atoms with van der Waals surface area (Å²) < 4.78 is 7.48. The van der Waals surface area contributed by atoms with E-state index in [-0.39, 0.29) is 12.5 Å². The number of anilines is 2. The lowest BCUT2D eigenvalue weighted by molar-refractivity contribution is -0.115. The molecule has 33 heavy (non-hydrogen) atoms. The first-order valence-electron chi connectivity index (χ1n) is 10.6. The molecule has 0 aliphatic heterocycles. The molecule has 0 saturated heterocycles. The second-order valence-electron chi connectivity index (χ2n) is 7.93. The molecular formula is C26H25N3O3S. The Hall–Kier alpha value is -3.71. The number of esters is 1. The Morgan fingerprint density at radius 2 is 1.79 bits per heavy atom. The molecule has 0 fully saturated rings. The van der Waals surface area contributed by atoms with Crippen LogP contribution < -0.4 is 4.90 Å². The van der Waals surface area contributed by atoms with Gasteiger partial charge in [-0.2, -0.15) is 0 Å². The summed E-state index contributed by atoms with van der Waals surface area (Å²) in [4.78, 5) is 31.2. The largest absolute Gasteiger partial charge is 0.456 e. The van der Waals surface area contributed by atoms with Crippen LogP contribution >= 0.6 is 11.3 Å². The topological polar surface area (TPSA) is 64.4 Å². The van der Waals surface area contributed by atoms with Crippen molar-refractivity contribution in [3.8, 4) is 5.69 Å². The molecule has 2 heterocycles. The average Bonchev–Trinajstić information content (AvgIpc) is 3.46. The number of nitrogens with zero attached hydrogens (tertiary/aromatic N) is 3. The van der Waals surface area contributed by atoms with Crippen molar-refractivity contribution in [2.45, 2.75) is 34.3 Å². The van der Waals surface area contributed by atoms with Crippen molar-refractivity contribution in [2.24, 2.45) is 0 Å². The van der Waals surface area contributed by atoms with E-state index in [0.29, 0.717) is 16.4 Å². The SMILES string of the molecule is CC(=O)N(c1nc(COC(=O)c2ccc(C)c(-n3cccc3)c2)cs1)c1ccc(C)cc1C. The van der Waals surface area contributed by atoms with E-state index in [0.717, 1.165) is 28.1 Å². The van der Waals surface area contributed by atoms with Crippen molar-refractivity contribution in [1.82, 2.24) is 9.55 Å². The van der Waals surface area contributed by atoms with Crippen LogP contribution in [0.1, 0.15) is 39.7 Å². The van der Waals surface area contributed by atoms with Crippen LogP contribution in [0.2, 0.25) is 0 Å². The number of aryl methyl sites for hydroxylation is 3. The zero-order chi connectivity index (χ0) is 23.5. The number of thiazole rings is 1. The number of hydrogen-bond acceptors (Lipinski definition) is 5. The molecule has 1 amide bonds. The van der Waals surface area contributed by atoms with Gasteiger partial charge in [-0.05, 0) is 62.2 Å². The summed E-state index contributed by atoms with van der Waals surface area (Å²) in [7, 11) is 0. The van der Waals surface area contributed by atoms with Crippen molar-refractivity contribution in [3.05, 3.63) is 94.3 Å². The van der Waals surface area contributed by atoms with Gasteiger partial charge in [0.25, 0.3) is 0 Å². The third-order valence-corrected chi connectivity index (χ3v) is 6.19. The van der Waals surface area contributed by atoms with Gasteiger partial charge in [0.15, 0.2) is 5.13 Å². The highest BCUT2D eigenvalue weighted by molar-refractivity contribution is 7.14. The van der Waals surface area contributed by atoms with Gasteiger partial charge in [0, 0.05) is 30.4 Å². The summed E-state index contributed by atoms with van der Waals surface area (Å²) in [5, 5.41) is 2.35. The number of rotatable bonds is 6. The smallest absolute Gasteiger partial charge is 0.338 e. The third kappa shape index (κ3) is 4.88. The van der Waals surface area contributed by atoms with E-state index in [4.69, 9.17) is 4.74 Å². The number of hydrogen-bond donors (Lipinski definition) is 0. The fourth-order valence-electron chi connectivity index (χ4n) is 3.66. The summed E-state index contributed by atoms with van der Waals surface area (Å²) >= 11 is 1.34. The number of carbonyl (C=O) groups is 2. The molecule has 2 aromatic heterocycles. The molecule has 0 bridgehead atoms. The molecule has 0 saturated carbocycles. The van der Waals surface area contributed by atoms with Crippen LogP contribution in [0, 0.1) is 20.8 Å². The zero-order valence-electron chi connectivity index (χ0n) is 19.0. The Balaban J connectivity index is 1.49. The molecule has 4 aromatic rings.